The van der Waals surface area contributed by atoms with Gasteiger partial charge in [-0.25, -0.2) is 9.69 Å². The summed E-state index contributed by atoms with van der Waals surface area (Å²) in [6.07, 6.45) is 1.49. The molecule has 0 atom stereocenters. The minimum absolute atomic E-state index is 0.588. The van der Waals surface area contributed by atoms with Gasteiger partial charge >= 0.3 is 0 Å². The SMILES string of the molecule is c1nonc1N1CCNO1. The molecule has 1 aromatic heterocycles. The fourth-order valence-electron chi connectivity index (χ4n) is 0.747. The van der Waals surface area contributed by atoms with Crippen molar-refractivity contribution in [3.63, 3.8) is 0 Å². The topological polar surface area (TPSA) is 63.4 Å². The van der Waals surface area contributed by atoms with E-state index in [9.17, 15) is 0 Å². The van der Waals surface area contributed by atoms with Crippen molar-refractivity contribution in [1.29, 1.82) is 0 Å². The predicted octanol–water partition coefficient (Wildman–Crippen LogP) is -0.674. The zero-order valence-electron chi connectivity index (χ0n) is 5.15. The molecule has 1 aromatic rings. The Balaban J connectivity index is 2.12. The Kier molecular flexibility index (Phi) is 1.26. The number of hydrogen-bond acceptors (Lipinski definition) is 6. The first-order valence-corrected chi connectivity index (χ1v) is 2.92. The molecule has 6 heteroatoms. The average Bonchev–Trinajstić information content (AvgIpc) is 2.59. The Hall–Kier alpha value is -1.14. The van der Waals surface area contributed by atoms with Gasteiger partial charge in [0.05, 0.1) is 6.54 Å². The van der Waals surface area contributed by atoms with Crippen molar-refractivity contribution >= 4 is 5.82 Å². The number of nitrogens with zero attached hydrogens (tertiary/aromatic N) is 3. The van der Waals surface area contributed by atoms with E-state index in [1.54, 1.807) is 5.06 Å². The van der Waals surface area contributed by atoms with Crippen LogP contribution in [0.5, 0.6) is 0 Å². The van der Waals surface area contributed by atoms with E-state index in [1.807, 2.05) is 0 Å². The predicted molar refractivity (Wildman–Crippen MR) is 30.7 cm³/mol. The molecule has 0 aliphatic carbocycles. The van der Waals surface area contributed by atoms with Gasteiger partial charge in [-0.15, -0.1) is 0 Å². The summed E-state index contributed by atoms with van der Waals surface area (Å²) in [5.74, 6) is 0.588. The molecule has 6 nitrogen and oxygen atoms in total. The van der Waals surface area contributed by atoms with Gasteiger partial charge in [0.2, 0.25) is 5.82 Å². The Morgan fingerprint density at radius 1 is 1.70 bits per heavy atom. The van der Waals surface area contributed by atoms with E-state index >= 15 is 0 Å². The molecule has 1 N–H and O–H groups in total. The molecular formula is C4H6N4O2. The molecule has 54 valence electrons. The highest BCUT2D eigenvalue weighted by molar-refractivity contribution is 5.29. The second-order valence-electron chi connectivity index (χ2n) is 1.85. The third kappa shape index (κ3) is 0.829. The maximum absolute atomic E-state index is 4.92. The van der Waals surface area contributed by atoms with E-state index in [-0.39, 0.29) is 0 Å². The maximum atomic E-state index is 4.92. The third-order valence-corrected chi connectivity index (χ3v) is 1.20. The highest BCUT2D eigenvalue weighted by Crippen LogP contribution is 2.09. The number of rotatable bonds is 1. The van der Waals surface area contributed by atoms with Gasteiger partial charge in [0.15, 0.2) is 0 Å². The van der Waals surface area contributed by atoms with Crippen molar-refractivity contribution in [1.82, 2.24) is 15.8 Å². The average molecular weight is 142 g/mol. The first kappa shape index (κ1) is 5.63. The molecule has 1 fully saturated rings. The summed E-state index contributed by atoms with van der Waals surface area (Å²) in [5.41, 5.74) is 2.68. The van der Waals surface area contributed by atoms with Crippen LogP contribution in [-0.2, 0) is 4.94 Å². The van der Waals surface area contributed by atoms with Crippen molar-refractivity contribution in [2.45, 2.75) is 0 Å². The van der Waals surface area contributed by atoms with Crippen molar-refractivity contribution < 1.29 is 9.57 Å². The minimum atomic E-state index is 0.588. The van der Waals surface area contributed by atoms with Gasteiger partial charge in [0.1, 0.15) is 6.20 Å². The Labute approximate surface area is 56.6 Å². The van der Waals surface area contributed by atoms with Crippen molar-refractivity contribution in [2.24, 2.45) is 0 Å². The van der Waals surface area contributed by atoms with E-state index in [4.69, 9.17) is 4.94 Å². The Bertz CT molecular complexity index is 193. The van der Waals surface area contributed by atoms with Gasteiger partial charge < -0.3 is 0 Å². The summed E-state index contributed by atoms with van der Waals surface area (Å²) in [6.45, 7) is 1.54. The first-order valence-electron chi connectivity index (χ1n) is 2.92. The van der Waals surface area contributed by atoms with Gasteiger partial charge in [-0.1, -0.05) is 5.16 Å². The maximum Gasteiger partial charge on any atom is 0.218 e. The minimum Gasteiger partial charge on any atom is -0.242 e. The van der Waals surface area contributed by atoms with Gasteiger partial charge in [-0.2, -0.15) is 10.4 Å². The lowest BCUT2D eigenvalue weighted by Crippen LogP contribution is -2.18. The largest absolute Gasteiger partial charge is 0.242 e. The molecule has 10 heavy (non-hydrogen) atoms. The summed E-state index contributed by atoms with van der Waals surface area (Å²) in [6, 6.07) is 0. The number of hydrogen-bond donors (Lipinski definition) is 1. The normalized spacial score (nSPS) is 18.2. The van der Waals surface area contributed by atoms with E-state index in [2.05, 4.69) is 20.4 Å². The molecule has 0 radical (unpaired) electrons. The second-order valence-corrected chi connectivity index (χ2v) is 1.85. The zero-order chi connectivity index (χ0) is 6.81. The lowest BCUT2D eigenvalue weighted by atomic mass is 10.6. The highest BCUT2D eigenvalue weighted by Gasteiger charge is 2.15. The van der Waals surface area contributed by atoms with Gasteiger partial charge in [0.25, 0.3) is 0 Å². The molecule has 0 saturated carbocycles. The van der Waals surface area contributed by atoms with Crippen LogP contribution in [-0.4, -0.2) is 23.4 Å². The molecule has 0 spiro atoms. The molecule has 0 amide bonds. The van der Waals surface area contributed by atoms with Crippen molar-refractivity contribution in [3.05, 3.63) is 6.20 Å². The molecule has 0 unspecified atom stereocenters. The lowest BCUT2D eigenvalue weighted by Gasteiger charge is -2.06. The lowest BCUT2D eigenvalue weighted by molar-refractivity contribution is 0.0756. The summed E-state index contributed by atoms with van der Waals surface area (Å²) < 4.78 is 4.38. The van der Waals surface area contributed by atoms with E-state index < -0.39 is 0 Å². The van der Waals surface area contributed by atoms with Crippen LogP contribution in [0.4, 0.5) is 5.82 Å². The summed E-state index contributed by atoms with van der Waals surface area (Å²) in [4.78, 5) is 4.92. The molecule has 1 aliphatic rings. The molecule has 2 rings (SSSR count). The molecule has 1 saturated heterocycles. The Morgan fingerprint density at radius 3 is 3.30 bits per heavy atom. The van der Waals surface area contributed by atoms with Gasteiger partial charge in [-0.05, 0) is 5.16 Å². The monoisotopic (exact) mass is 142 g/mol. The van der Waals surface area contributed by atoms with Crippen molar-refractivity contribution in [2.75, 3.05) is 18.2 Å². The molecule has 0 aromatic carbocycles. The molecule has 2 heterocycles. The van der Waals surface area contributed by atoms with E-state index in [0.717, 1.165) is 13.1 Å². The number of anilines is 1. The standard InChI is InChI=1S/C4H6N4O2/c1-2-8(10-5-1)4-3-6-9-7-4/h3,5H,1-2H2. The smallest absolute Gasteiger partial charge is 0.218 e. The zero-order valence-corrected chi connectivity index (χ0v) is 5.15. The quantitative estimate of drug-likeness (QED) is 0.560. The number of hydroxylamine groups is 2. The fraction of sp³-hybridized carbons (Fsp3) is 0.500. The van der Waals surface area contributed by atoms with Crippen molar-refractivity contribution in [3.8, 4) is 0 Å². The van der Waals surface area contributed by atoms with Gasteiger partial charge in [-0.3, -0.25) is 0 Å². The van der Waals surface area contributed by atoms with Crippen LogP contribution in [0.15, 0.2) is 10.8 Å². The number of aromatic nitrogens is 2. The van der Waals surface area contributed by atoms with E-state index in [1.165, 1.54) is 6.20 Å². The molecule has 1 aliphatic heterocycles. The first-order chi connectivity index (χ1) is 4.97. The highest BCUT2D eigenvalue weighted by atomic mass is 16.8. The summed E-state index contributed by atoms with van der Waals surface area (Å²) in [5, 5.41) is 8.57. The Morgan fingerprint density at radius 2 is 2.70 bits per heavy atom. The third-order valence-electron chi connectivity index (χ3n) is 1.20. The van der Waals surface area contributed by atoms with Crippen LogP contribution in [0.25, 0.3) is 0 Å². The summed E-state index contributed by atoms with van der Waals surface area (Å²) >= 11 is 0. The molecule has 0 bridgehead atoms. The number of nitrogens with one attached hydrogen (secondary N) is 1. The van der Waals surface area contributed by atoms with Crippen LogP contribution in [0.1, 0.15) is 0 Å². The van der Waals surface area contributed by atoms with Crippen LogP contribution >= 0.6 is 0 Å². The second kappa shape index (κ2) is 2.24. The summed E-state index contributed by atoms with van der Waals surface area (Å²) in [7, 11) is 0. The molecular weight excluding hydrogens is 136 g/mol. The van der Waals surface area contributed by atoms with Crippen LogP contribution in [0.2, 0.25) is 0 Å². The van der Waals surface area contributed by atoms with E-state index in [0.29, 0.717) is 5.82 Å². The van der Waals surface area contributed by atoms with Crippen LogP contribution in [0, 0.1) is 0 Å². The fourth-order valence-corrected chi connectivity index (χ4v) is 0.747. The van der Waals surface area contributed by atoms with Crippen LogP contribution < -0.4 is 10.5 Å². The van der Waals surface area contributed by atoms with Crippen LogP contribution in [0.3, 0.4) is 0 Å². The van der Waals surface area contributed by atoms with Gasteiger partial charge in [0, 0.05) is 6.54 Å².